The highest BCUT2D eigenvalue weighted by Gasteiger charge is 2.01. The standard InChI is InChI=1S/6C12H12/c1-9-3-5-11-6-4-10(2)8-12(11)7-9;1-9-5-3-8-12-10(2)6-4-7-11(9)12;1-9-5-3-7-11-8-4-6-10(2)12(9)11;1-9-6-7-11-5-3-4-10(2)12(11)8-9;1-9-7-11-5-3-4-6-12(11)8-10(9)2;1-9-7-8-10(2)12-6-4-3-5-11(9)12/h6*3-8H,1-2H3. The Morgan fingerprint density at radius 3 is 0.931 bits per heavy atom. The molecule has 0 fully saturated rings. The molecule has 0 unspecified atom stereocenters. The quantitative estimate of drug-likeness (QED) is 0.142. The van der Waals surface area contributed by atoms with Gasteiger partial charge in [-0.25, -0.2) is 0 Å². The van der Waals surface area contributed by atoms with Crippen molar-refractivity contribution in [1.29, 1.82) is 0 Å². The second-order valence-corrected chi connectivity index (χ2v) is 19.7. The number of aryl methyl sites for hydroxylation is 12. The van der Waals surface area contributed by atoms with Gasteiger partial charge in [0, 0.05) is 0 Å². The lowest BCUT2D eigenvalue weighted by Crippen LogP contribution is -1.81. The maximum absolute atomic E-state index is 2.24. The summed E-state index contributed by atoms with van der Waals surface area (Å²) in [6.45, 7) is 25.8. The summed E-state index contributed by atoms with van der Waals surface area (Å²) in [6.07, 6.45) is 0. The Bertz CT molecular complexity index is 3520. The fourth-order valence-electron chi connectivity index (χ4n) is 9.47. The first-order valence-electron chi connectivity index (χ1n) is 25.4. The van der Waals surface area contributed by atoms with Crippen molar-refractivity contribution >= 4 is 64.6 Å². The van der Waals surface area contributed by atoms with Gasteiger partial charge >= 0.3 is 0 Å². The summed E-state index contributed by atoms with van der Waals surface area (Å²) >= 11 is 0. The van der Waals surface area contributed by atoms with Gasteiger partial charge in [0.2, 0.25) is 0 Å². The molecule has 12 aromatic rings. The Kier molecular flexibility index (Phi) is 17.6. The van der Waals surface area contributed by atoms with E-state index in [9.17, 15) is 0 Å². The number of hydrogen-bond acceptors (Lipinski definition) is 0. The second-order valence-electron chi connectivity index (χ2n) is 19.7. The second kappa shape index (κ2) is 24.4. The fraction of sp³-hybridized carbons (Fsp3) is 0.167. The summed E-state index contributed by atoms with van der Waals surface area (Å²) in [5.41, 5.74) is 16.2. The van der Waals surface area contributed by atoms with Crippen LogP contribution in [-0.2, 0) is 0 Å². The Morgan fingerprint density at radius 1 is 0.167 bits per heavy atom. The molecule has 0 saturated carbocycles. The lowest BCUT2D eigenvalue weighted by atomic mass is 10.0. The Morgan fingerprint density at radius 2 is 0.486 bits per heavy atom. The van der Waals surface area contributed by atoms with Crippen LogP contribution >= 0.6 is 0 Å². The maximum Gasteiger partial charge on any atom is -0.0125 e. The highest BCUT2D eigenvalue weighted by Crippen LogP contribution is 2.25. The van der Waals surface area contributed by atoms with Crippen molar-refractivity contribution in [2.45, 2.75) is 83.1 Å². The zero-order valence-electron chi connectivity index (χ0n) is 44.8. The van der Waals surface area contributed by atoms with E-state index in [-0.39, 0.29) is 0 Å². The molecule has 0 amide bonds. The Hall–Kier alpha value is -7.80. The predicted molar refractivity (Wildman–Crippen MR) is 321 cm³/mol. The van der Waals surface area contributed by atoms with Gasteiger partial charge in [-0.15, -0.1) is 0 Å². The third-order valence-corrected chi connectivity index (χ3v) is 13.8. The first kappa shape index (κ1) is 52.0. The van der Waals surface area contributed by atoms with Crippen molar-refractivity contribution in [3.05, 3.63) is 285 Å². The molecule has 0 nitrogen and oxygen atoms in total. The molecule has 0 saturated heterocycles. The molecule has 72 heavy (non-hydrogen) atoms. The van der Waals surface area contributed by atoms with Crippen LogP contribution in [0.5, 0.6) is 0 Å². The average molecular weight is 937 g/mol. The number of hydrogen-bond donors (Lipinski definition) is 0. The molecule has 0 aromatic heterocycles. The van der Waals surface area contributed by atoms with Gasteiger partial charge in [-0.05, 0) is 198 Å². The molecule has 0 atom stereocenters. The van der Waals surface area contributed by atoms with Crippen LogP contribution in [0.1, 0.15) is 66.8 Å². The van der Waals surface area contributed by atoms with Crippen LogP contribution in [0.2, 0.25) is 0 Å². The monoisotopic (exact) mass is 937 g/mol. The molecule has 0 spiro atoms. The van der Waals surface area contributed by atoms with Crippen molar-refractivity contribution in [2.24, 2.45) is 0 Å². The van der Waals surface area contributed by atoms with Gasteiger partial charge in [0.15, 0.2) is 0 Å². The topological polar surface area (TPSA) is 0 Å². The predicted octanol–water partition coefficient (Wildman–Crippen LogP) is 20.7. The molecule has 0 aliphatic carbocycles. The lowest BCUT2D eigenvalue weighted by molar-refractivity contribution is 1.37. The van der Waals surface area contributed by atoms with Gasteiger partial charge in [-0.2, -0.15) is 0 Å². The summed E-state index contributed by atoms with van der Waals surface area (Å²) in [4.78, 5) is 0. The average Bonchev–Trinajstić information content (AvgIpc) is 3.37. The van der Waals surface area contributed by atoms with E-state index in [4.69, 9.17) is 0 Å². The summed E-state index contributed by atoms with van der Waals surface area (Å²) in [7, 11) is 0. The largest absolute Gasteiger partial charge is 0.0616 e. The molecular weight excluding hydrogens is 865 g/mol. The van der Waals surface area contributed by atoms with Crippen molar-refractivity contribution in [3.63, 3.8) is 0 Å². The van der Waals surface area contributed by atoms with E-state index in [2.05, 4.69) is 301 Å². The van der Waals surface area contributed by atoms with E-state index in [0.29, 0.717) is 0 Å². The Labute approximate surface area is 430 Å². The zero-order chi connectivity index (χ0) is 51.3. The molecule has 360 valence electrons. The van der Waals surface area contributed by atoms with Crippen molar-refractivity contribution in [3.8, 4) is 0 Å². The summed E-state index contributed by atoms with van der Waals surface area (Å²) in [5.74, 6) is 0. The smallest absolute Gasteiger partial charge is 0.0125 e. The van der Waals surface area contributed by atoms with E-state index < -0.39 is 0 Å². The highest BCUT2D eigenvalue weighted by molar-refractivity contribution is 5.91. The Balaban J connectivity index is 0.000000127. The van der Waals surface area contributed by atoms with Gasteiger partial charge in [0.25, 0.3) is 0 Å². The SMILES string of the molecule is Cc1cc2ccccc2cc1C.Cc1ccc(C)c2ccccc12.Cc1ccc2ccc(C)cc2c1.Cc1ccc2cccc(C)c2c1.Cc1cccc2c(C)cccc12.Cc1cccc2cccc(C)c12. The minimum absolute atomic E-state index is 1.33. The number of rotatable bonds is 0. The van der Waals surface area contributed by atoms with E-state index in [1.807, 2.05) is 0 Å². The molecule has 0 aliphatic rings. The van der Waals surface area contributed by atoms with Crippen LogP contribution in [0, 0.1) is 83.1 Å². The first-order valence-corrected chi connectivity index (χ1v) is 25.4. The summed E-state index contributed by atoms with van der Waals surface area (Å²) < 4.78 is 0. The van der Waals surface area contributed by atoms with Gasteiger partial charge in [0.05, 0.1) is 0 Å². The number of benzene rings is 12. The molecular formula is C72H72. The van der Waals surface area contributed by atoms with Crippen LogP contribution in [-0.4, -0.2) is 0 Å². The van der Waals surface area contributed by atoms with Crippen molar-refractivity contribution < 1.29 is 0 Å². The van der Waals surface area contributed by atoms with Crippen LogP contribution in [0.15, 0.2) is 218 Å². The minimum Gasteiger partial charge on any atom is -0.0616 e. The third-order valence-electron chi connectivity index (χ3n) is 13.8. The van der Waals surface area contributed by atoms with Crippen molar-refractivity contribution in [2.75, 3.05) is 0 Å². The fourth-order valence-corrected chi connectivity index (χ4v) is 9.47. The third kappa shape index (κ3) is 13.3. The van der Waals surface area contributed by atoms with Crippen LogP contribution < -0.4 is 0 Å². The summed E-state index contributed by atoms with van der Waals surface area (Å²) in [5, 5.41) is 16.3. The summed E-state index contributed by atoms with van der Waals surface area (Å²) in [6, 6.07) is 77.7. The normalized spacial score (nSPS) is 10.5. The number of fused-ring (bicyclic) bond motifs is 6. The molecule has 12 aromatic carbocycles. The van der Waals surface area contributed by atoms with E-state index in [1.54, 1.807) is 0 Å². The molecule has 12 rings (SSSR count). The molecule has 0 N–H and O–H groups in total. The molecule has 0 heterocycles. The van der Waals surface area contributed by atoms with Crippen LogP contribution in [0.3, 0.4) is 0 Å². The first-order chi connectivity index (χ1) is 34.7. The van der Waals surface area contributed by atoms with E-state index in [1.165, 1.54) is 131 Å². The van der Waals surface area contributed by atoms with Gasteiger partial charge in [-0.1, -0.05) is 235 Å². The molecule has 0 bridgehead atoms. The maximum atomic E-state index is 2.24. The molecule has 0 heteroatoms. The van der Waals surface area contributed by atoms with Crippen molar-refractivity contribution in [1.82, 2.24) is 0 Å². The molecule has 0 radical (unpaired) electrons. The van der Waals surface area contributed by atoms with E-state index >= 15 is 0 Å². The van der Waals surface area contributed by atoms with Gasteiger partial charge in [-0.3, -0.25) is 0 Å². The highest BCUT2D eigenvalue weighted by atomic mass is 14.1. The van der Waals surface area contributed by atoms with E-state index in [0.717, 1.165) is 0 Å². The zero-order valence-corrected chi connectivity index (χ0v) is 44.8. The van der Waals surface area contributed by atoms with Crippen LogP contribution in [0.25, 0.3) is 64.6 Å². The van der Waals surface area contributed by atoms with Crippen LogP contribution in [0.4, 0.5) is 0 Å². The lowest BCUT2D eigenvalue weighted by Gasteiger charge is -2.04. The van der Waals surface area contributed by atoms with Gasteiger partial charge < -0.3 is 0 Å². The van der Waals surface area contributed by atoms with Gasteiger partial charge in [0.1, 0.15) is 0 Å². The molecule has 0 aliphatic heterocycles. The minimum atomic E-state index is 1.33.